The Morgan fingerprint density at radius 3 is 2.20 bits per heavy atom. The number of hydrogen-bond acceptors (Lipinski definition) is 4. The topological polar surface area (TPSA) is 83.1 Å². The van der Waals surface area contributed by atoms with Gasteiger partial charge in [-0.2, -0.15) is 4.68 Å². The molecule has 0 saturated carbocycles. The number of carbonyl (C=O) groups excluding carboxylic acids is 2. The predicted octanol–water partition coefficient (Wildman–Crippen LogP) is -0.0785. The van der Waals surface area contributed by atoms with Gasteiger partial charge in [-0.05, 0) is 12.8 Å². The first-order chi connectivity index (χ1) is 9.52. The zero-order valence-electron chi connectivity index (χ0n) is 11.8. The fourth-order valence-corrected chi connectivity index (χ4v) is 2.52. The van der Waals surface area contributed by atoms with Crippen molar-refractivity contribution in [3.8, 4) is 0 Å². The molecule has 3 rings (SSSR count). The first-order valence-electron chi connectivity index (χ1n) is 6.71. The van der Waals surface area contributed by atoms with Crippen molar-refractivity contribution in [3.63, 3.8) is 0 Å². The van der Waals surface area contributed by atoms with Gasteiger partial charge in [0.15, 0.2) is 11.6 Å². The van der Waals surface area contributed by atoms with Crippen LogP contribution in [0.25, 0.3) is 5.70 Å². The maximum Gasteiger partial charge on any atom is 0.351 e. The van der Waals surface area contributed by atoms with Gasteiger partial charge in [-0.25, -0.2) is 18.8 Å². The van der Waals surface area contributed by atoms with E-state index < -0.39 is 11.4 Å². The molecule has 2 aliphatic rings. The summed E-state index contributed by atoms with van der Waals surface area (Å²) >= 11 is 0. The molecule has 0 atom stereocenters. The Hall–Kier alpha value is -2.18. The Kier molecular flexibility index (Phi) is 3.61. The summed E-state index contributed by atoms with van der Waals surface area (Å²) in [4.78, 5) is 47.6. The van der Waals surface area contributed by atoms with Crippen molar-refractivity contribution in [1.82, 2.24) is 13.9 Å². The zero-order chi connectivity index (χ0) is 15.0. The summed E-state index contributed by atoms with van der Waals surface area (Å²) in [6.45, 7) is 3.83. The van der Waals surface area contributed by atoms with Gasteiger partial charge in [0.25, 0.3) is 0 Å². The summed E-state index contributed by atoms with van der Waals surface area (Å²) in [5.74, 6) is -0.489. The van der Waals surface area contributed by atoms with E-state index in [-0.39, 0.29) is 23.8 Å². The number of Topliss-reactive ketones (excluding diaryl/α,β-unsaturated/α-hetero) is 2. The molecular weight excluding hydrogens is 262 g/mol. The van der Waals surface area contributed by atoms with Crippen LogP contribution in [0.2, 0.25) is 0 Å². The Labute approximate surface area is 115 Å². The third kappa shape index (κ3) is 1.81. The number of fused-ring (bicyclic) bond motifs is 2. The highest BCUT2D eigenvalue weighted by Crippen LogP contribution is 2.27. The summed E-state index contributed by atoms with van der Waals surface area (Å²) < 4.78 is 3.00. The second kappa shape index (κ2) is 5.07. The van der Waals surface area contributed by atoms with Gasteiger partial charge in [0.2, 0.25) is 0 Å². The van der Waals surface area contributed by atoms with E-state index in [1.54, 1.807) is 0 Å². The van der Waals surface area contributed by atoms with Crippen LogP contribution in [0.5, 0.6) is 0 Å². The van der Waals surface area contributed by atoms with Crippen molar-refractivity contribution in [1.29, 1.82) is 0 Å². The molecule has 1 aliphatic heterocycles. The van der Waals surface area contributed by atoms with Crippen LogP contribution in [0.1, 0.15) is 33.1 Å². The maximum atomic E-state index is 11.9. The van der Waals surface area contributed by atoms with E-state index in [4.69, 9.17) is 0 Å². The molecule has 0 N–H and O–H groups in total. The minimum absolute atomic E-state index is 0.0974. The van der Waals surface area contributed by atoms with Crippen LogP contribution >= 0.6 is 0 Å². The van der Waals surface area contributed by atoms with Crippen LogP contribution in [0.15, 0.2) is 15.2 Å². The van der Waals surface area contributed by atoms with Crippen LogP contribution in [0.4, 0.5) is 0 Å². The van der Waals surface area contributed by atoms with E-state index in [1.807, 2.05) is 13.8 Å². The molecule has 2 heterocycles. The highest BCUT2D eigenvalue weighted by molar-refractivity contribution is 6.23. The van der Waals surface area contributed by atoms with Crippen molar-refractivity contribution in [2.24, 2.45) is 7.05 Å². The van der Waals surface area contributed by atoms with E-state index in [2.05, 4.69) is 0 Å². The van der Waals surface area contributed by atoms with Gasteiger partial charge in [-0.15, -0.1) is 0 Å². The van der Waals surface area contributed by atoms with E-state index in [0.29, 0.717) is 24.8 Å². The van der Waals surface area contributed by atoms with Gasteiger partial charge in [0.05, 0.1) is 0 Å². The Bertz CT molecular complexity index is 730. The van der Waals surface area contributed by atoms with E-state index in [1.165, 1.54) is 7.05 Å². The van der Waals surface area contributed by atoms with E-state index >= 15 is 0 Å². The van der Waals surface area contributed by atoms with E-state index in [9.17, 15) is 19.2 Å². The largest absolute Gasteiger partial charge is 0.351 e. The van der Waals surface area contributed by atoms with Gasteiger partial charge >= 0.3 is 11.4 Å². The lowest BCUT2D eigenvalue weighted by Gasteiger charge is -2.24. The molecule has 0 fully saturated rings. The standard InChI is InChI=1S/C11H11N3O4.C2H6/c1-12-10(17)13-5-8(16)6-3-2-4-7(15)9(6)14(13)11(12)18;1-2/h2-5H2,1H3;1-2H3. The number of ketones is 2. The summed E-state index contributed by atoms with van der Waals surface area (Å²) in [5.41, 5.74) is -0.660. The van der Waals surface area contributed by atoms with Crippen LogP contribution < -0.4 is 11.4 Å². The van der Waals surface area contributed by atoms with Gasteiger partial charge in [0.1, 0.15) is 12.2 Å². The zero-order valence-corrected chi connectivity index (χ0v) is 11.8. The first kappa shape index (κ1) is 14.2. The van der Waals surface area contributed by atoms with Crippen molar-refractivity contribution in [2.75, 3.05) is 0 Å². The smallest absolute Gasteiger partial charge is 0.292 e. The molecule has 0 bridgehead atoms. The SMILES string of the molecule is CC.Cn1c(=O)n2n(c1=O)C1=C(CCCC1=O)C(=O)C2. The van der Waals surface area contributed by atoms with Crippen molar-refractivity contribution in [2.45, 2.75) is 39.7 Å². The summed E-state index contributed by atoms with van der Waals surface area (Å²) in [6.07, 6.45) is 1.42. The fourth-order valence-electron chi connectivity index (χ4n) is 2.52. The Morgan fingerprint density at radius 2 is 1.55 bits per heavy atom. The second-order valence-corrected chi connectivity index (χ2v) is 4.52. The van der Waals surface area contributed by atoms with Crippen molar-refractivity contribution < 1.29 is 9.59 Å². The number of rotatable bonds is 0. The van der Waals surface area contributed by atoms with Crippen LogP contribution in [-0.2, 0) is 23.2 Å². The Balaban J connectivity index is 0.000000704. The molecule has 0 saturated heterocycles. The molecule has 7 heteroatoms. The predicted molar refractivity (Wildman–Crippen MR) is 72.4 cm³/mol. The lowest BCUT2D eigenvalue weighted by molar-refractivity contribution is -0.119. The third-order valence-corrected chi connectivity index (χ3v) is 3.44. The molecule has 0 radical (unpaired) electrons. The molecule has 20 heavy (non-hydrogen) atoms. The first-order valence-corrected chi connectivity index (χ1v) is 6.71. The van der Waals surface area contributed by atoms with Gasteiger partial charge in [-0.1, -0.05) is 13.8 Å². The Morgan fingerprint density at radius 1 is 0.900 bits per heavy atom. The van der Waals surface area contributed by atoms with Crippen molar-refractivity contribution in [3.05, 3.63) is 26.5 Å². The number of carbonyl (C=O) groups is 2. The number of aromatic nitrogens is 3. The monoisotopic (exact) mass is 279 g/mol. The molecule has 1 aromatic heterocycles. The quantitative estimate of drug-likeness (QED) is 0.665. The van der Waals surface area contributed by atoms with Gasteiger partial charge in [0, 0.05) is 19.0 Å². The molecular formula is C13H17N3O4. The molecule has 0 unspecified atom stereocenters. The minimum atomic E-state index is -0.574. The molecule has 108 valence electrons. The molecule has 0 spiro atoms. The minimum Gasteiger partial charge on any atom is -0.292 e. The van der Waals surface area contributed by atoms with E-state index in [0.717, 1.165) is 13.9 Å². The average Bonchev–Trinajstić information content (AvgIpc) is 2.67. The summed E-state index contributed by atoms with van der Waals surface area (Å²) in [5, 5.41) is 0. The molecule has 7 nitrogen and oxygen atoms in total. The van der Waals surface area contributed by atoms with Crippen molar-refractivity contribution >= 4 is 17.3 Å². The fraction of sp³-hybridized carbons (Fsp3) is 0.538. The molecule has 1 aromatic rings. The maximum absolute atomic E-state index is 11.9. The molecule has 0 aromatic carbocycles. The third-order valence-electron chi connectivity index (χ3n) is 3.44. The average molecular weight is 279 g/mol. The normalized spacial score (nSPS) is 17.4. The molecule has 0 amide bonds. The highest BCUT2D eigenvalue weighted by Gasteiger charge is 2.34. The van der Waals surface area contributed by atoms with Crippen LogP contribution in [-0.4, -0.2) is 25.5 Å². The number of hydrogen-bond donors (Lipinski definition) is 0. The number of nitrogens with zero attached hydrogens (tertiary/aromatic N) is 3. The van der Waals surface area contributed by atoms with Crippen LogP contribution in [0.3, 0.4) is 0 Å². The lowest BCUT2D eigenvalue weighted by atomic mass is 9.91. The number of allylic oxidation sites excluding steroid dienone is 2. The van der Waals surface area contributed by atoms with Gasteiger partial charge < -0.3 is 0 Å². The lowest BCUT2D eigenvalue weighted by Crippen LogP contribution is -2.39. The van der Waals surface area contributed by atoms with Crippen LogP contribution in [0, 0.1) is 0 Å². The summed E-state index contributed by atoms with van der Waals surface area (Å²) in [6, 6.07) is 0. The summed E-state index contributed by atoms with van der Waals surface area (Å²) in [7, 11) is 1.33. The second-order valence-electron chi connectivity index (χ2n) is 4.52. The molecule has 1 aliphatic carbocycles. The van der Waals surface area contributed by atoms with Gasteiger partial charge in [-0.3, -0.25) is 9.59 Å². The highest BCUT2D eigenvalue weighted by atomic mass is 16.2.